The van der Waals surface area contributed by atoms with Gasteiger partial charge in [-0.25, -0.2) is 0 Å². The van der Waals surface area contributed by atoms with Gasteiger partial charge in [-0.15, -0.1) is 41.5 Å². The summed E-state index contributed by atoms with van der Waals surface area (Å²) >= 11 is 0. The van der Waals surface area contributed by atoms with E-state index in [1.54, 1.807) is 12.1 Å². The Balaban J connectivity index is 0.000000202. The average Bonchev–Trinajstić information content (AvgIpc) is 3.83. The monoisotopic (exact) mass is 842 g/mol. The van der Waals surface area contributed by atoms with Crippen molar-refractivity contribution in [2.24, 2.45) is 0 Å². The molecule has 9 rings (SSSR count). The zero-order valence-corrected chi connectivity index (χ0v) is 29.6. The molecule has 4 nitrogen and oxygen atoms in total. The Labute approximate surface area is 319 Å². The van der Waals surface area contributed by atoms with E-state index in [-0.39, 0.29) is 31.2 Å². The number of pyridine rings is 1. The van der Waals surface area contributed by atoms with Crippen LogP contribution in [0.5, 0.6) is 0 Å². The van der Waals surface area contributed by atoms with Gasteiger partial charge in [-0.05, 0) is 64.6 Å². The molecule has 0 atom stereocenters. The van der Waals surface area contributed by atoms with E-state index < -0.39 is 13.7 Å². The molecule has 0 aliphatic heterocycles. The van der Waals surface area contributed by atoms with Crippen LogP contribution >= 0.6 is 0 Å². The van der Waals surface area contributed by atoms with Gasteiger partial charge in [0.25, 0.3) is 0 Å². The van der Waals surface area contributed by atoms with Crippen LogP contribution < -0.4 is 0 Å². The summed E-state index contributed by atoms with van der Waals surface area (Å²) in [6.07, 6.45) is 4.46. The molecule has 9 aromatic rings. The van der Waals surface area contributed by atoms with Crippen molar-refractivity contribution in [3.05, 3.63) is 187 Å². The first-order valence-corrected chi connectivity index (χ1v) is 16.2. The van der Waals surface area contributed by atoms with Crippen LogP contribution in [0.25, 0.3) is 72.6 Å². The predicted molar refractivity (Wildman–Crippen MR) is 204 cm³/mol. The molecule has 0 unspecified atom stereocenters. The summed E-state index contributed by atoms with van der Waals surface area (Å²) in [5, 5.41) is 0.993. The Hall–Kier alpha value is -5.87. The number of aromatic nitrogens is 3. The van der Waals surface area contributed by atoms with Crippen molar-refractivity contribution in [1.82, 2.24) is 14.5 Å². The Morgan fingerprint density at radius 1 is 0.647 bits per heavy atom. The van der Waals surface area contributed by atoms with Gasteiger partial charge in [0.1, 0.15) is 0 Å². The van der Waals surface area contributed by atoms with Crippen molar-refractivity contribution in [2.45, 2.75) is 13.7 Å². The van der Waals surface area contributed by atoms with Gasteiger partial charge in [-0.3, -0.25) is 4.98 Å². The quantitative estimate of drug-likeness (QED) is 0.162. The van der Waals surface area contributed by atoms with E-state index in [2.05, 4.69) is 107 Å². The number of furan rings is 1. The molecule has 0 aliphatic rings. The summed E-state index contributed by atoms with van der Waals surface area (Å²) in [5.74, 6) is 0.815. The third-order valence-electron chi connectivity index (χ3n) is 8.49. The van der Waals surface area contributed by atoms with Crippen molar-refractivity contribution in [3.8, 4) is 50.6 Å². The van der Waals surface area contributed by atoms with Crippen LogP contribution in [0.3, 0.4) is 0 Å². The first-order chi connectivity index (χ1) is 27.0. The largest absolute Gasteiger partial charge is 0.557 e. The van der Waals surface area contributed by atoms with E-state index in [0.717, 1.165) is 50.2 Å². The summed E-state index contributed by atoms with van der Waals surface area (Å²) in [6.45, 7) is -4.34. The molecule has 0 fully saturated rings. The van der Waals surface area contributed by atoms with Crippen LogP contribution in [-0.2, 0) is 20.1 Å². The van der Waals surface area contributed by atoms with E-state index >= 15 is 0 Å². The number of rotatable bonds is 5. The van der Waals surface area contributed by atoms with Gasteiger partial charge >= 0.3 is 0 Å². The molecule has 1 radical (unpaired) electrons. The smallest absolute Gasteiger partial charge is 0.0774 e. The van der Waals surface area contributed by atoms with Crippen molar-refractivity contribution in [1.29, 1.82) is 0 Å². The van der Waals surface area contributed by atoms with Crippen LogP contribution in [-0.4, -0.2) is 14.5 Å². The molecule has 0 amide bonds. The fourth-order valence-electron chi connectivity index (χ4n) is 5.98. The maximum atomic E-state index is 7.28. The summed E-state index contributed by atoms with van der Waals surface area (Å²) in [7, 11) is 0. The number of imidazole rings is 1. The second kappa shape index (κ2) is 14.9. The molecule has 0 spiro atoms. The number of aryl methyl sites for hydroxylation is 2. The average molecular weight is 842 g/mol. The maximum Gasteiger partial charge on any atom is 0.0774 e. The molecule has 51 heavy (non-hydrogen) atoms. The second-order valence-corrected chi connectivity index (χ2v) is 11.8. The summed E-state index contributed by atoms with van der Waals surface area (Å²) in [4.78, 5) is 9.09. The molecule has 3 heterocycles. The number of benzene rings is 6. The minimum Gasteiger partial charge on any atom is -0.557 e. The number of para-hydroxylation sites is 2. The van der Waals surface area contributed by atoms with Crippen molar-refractivity contribution < 1.29 is 32.7 Å². The zero-order valence-electron chi connectivity index (χ0n) is 33.2. The summed E-state index contributed by atoms with van der Waals surface area (Å²) in [6, 6.07) is 54.3. The van der Waals surface area contributed by atoms with Gasteiger partial charge in [0.2, 0.25) is 0 Å². The van der Waals surface area contributed by atoms with Gasteiger partial charge in [-0.2, -0.15) is 0 Å². The minimum atomic E-state index is -2.18. The fraction of sp³-hybridized carbons (Fsp3) is 0.0435. The Morgan fingerprint density at radius 2 is 1.31 bits per heavy atom. The topological polar surface area (TPSA) is 43.9 Å². The van der Waals surface area contributed by atoms with Gasteiger partial charge in [0, 0.05) is 52.1 Å². The third-order valence-corrected chi connectivity index (χ3v) is 8.49. The van der Waals surface area contributed by atoms with Crippen LogP contribution in [0.1, 0.15) is 19.4 Å². The fourth-order valence-corrected chi connectivity index (χ4v) is 5.98. The molecule has 0 N–H and O–H groups in total. The van der Waals surface area contributed by atoms with E-state index in [9.17, 15) is 0 Å². The first kappa shape index (κ1) is 26.9. The van der Waals surface area contributed by atoms with Crippen LogP contribution in [0.4, 0.5) is 0 Å². The molecule has 0 saturated carbocycles. The molecule has 0 aliphatic carbocycles. The number of nitrogens with zero attached hydrogens (tertiary/aromatic N) is 3. The van der Waals surface area contributed by atoms with Gasteiger partial charge in [0.05, 0.1) is 16.9 Å². The van der Waals surface area contributed by atoms with Gasteiger partial charge < -0.3 is 14.0 Å². The molecular weight excluding hydrogens is 803 g/mol. The van der Waals surface area contributed by atoms with Crippen molar-refractivity contribution in [3.63, 3.8) is 0 Å². The SMILES string of the molecule is [2H]C([2H])([2H])c1c[c-]c(-c2ccc(C([2H])([2H])[2H])cn2)cc1.[Ir].[c-]1oc2cc(-c3ccccc3)ccc2c1-c1nc2ccccc2n1-c1ccc(-c2ccccc2)cc1. The molecule has 5 heteroatoms. The Bertz CT molecular complexity index is 2690. The molecule has 0 bridgehead atoms. The standard InChI is InChI=1S/C33H21N2O.C13H12N.Ir/c1-3-9-23(10-4-1)25-15-18-27(19-16-25)35-31-14-8-7-13-30(31)34-33(35)29-22-36-32-21-26(17-20-28(29)32)24-11-5-2-6-12-24;1-10-3-6-12(7-4-10)13-8-5-11(2)9-14-13;/h1-21H;3-6,8-9H,1-2H3;/q2*-1;/i;1D3,2D3;. The maximum absolute atomic E-state index is 7.28. The van der Waals surface area contributed by atoms with E-state index in [1.165, 1.54) is 35.5 Å². The summed E-state index contributed by atoms with van der Waals surface area (Å²) in [5.41, 5.74) is 10.9. The third kappa shape index (κ3) is 7.09. The van der Waals surface area contributed by atoms with E-state index in [0.29, 0.717) is 11.3 Å². The molecule has 0 saturated heterocycles. The number of fused-ring (bicyclic) bond motifs is 2. The predicted octanol–water partition coefficient (Wildman–Crippen LogP) is 11.7. The number of hydrogen-bond donors (Lipinski definition) is 0. The molecule has 3 aromatic heterocycles. The van der Waals surface area contributed by atoms with Crippen molar-refractivity contribution >= 4 is 22.0 Å². The van der Waals surface area contributed by atoms with Gasteiger partial charge in [0.15, 0.2) is 0 Å². The second-order valence-electron chi connectivity index (χ2n) is 11.8. The van der Waals surface area contributed by atoms with Crippen LogP contribution in [0, 0.1) is 26.0 Å². The van der Waals surface area contributed by atoms with Gasteiger partial charge in [-0.1, -0.05) is 127 Å². The normalized spacial score (nSPS) is 13.0. The first-order valence-electron chi connectivity index (χ1n) is 19.2. The minimum absolute atomic E-state index is 0. The Kier molecular flexibility index (Phi) is 7.89. The van der Waals surface area contributed by atoms with Crippen molar-refractivity contribution in [2.75, 3.05) is 0 Å². The van der Waals surface area contributed by atoms with E-state index in [4.69, 9.17) is 17.6 Å². The number of hydrogen-bond acceptors (Lipinski definition) is 3. The van der Waals surface area contributed by atoms with Crippen LogP contribution in [0.15, 0.2) is 168 Å². The zero-order chi connectivity index (χ0) is 38.9. The van der Waals surface area contributed by atoms with E-state index in [1.807, 2.05) is 42.5 Å². The van der Waals surface area contributed by atoms with Crippen LogP contribution in [0.2, 0.25) is 0 Å². The summed E-state index contributed by atoms with van der Waals surface area (Å²) < 4.78 is 51.8. The molecule has 6 aromatic carbocycles. The molecule has 249 valence electrons. The molecular formula is C46H33IrN3O-2. The Morgan fingerprint density at radius 3 is 2.00 bits per heavy atom.